The molecule has 2 heterocycles. The monoisotopic (exact) mass is 502 g/mol. The molecule has 8 nitrogen and oxygen atoms in total. The molecule has 192 valence electrons. The molecule has 2 fully saturated rings. The number of ether oxygens (including phenoxy) is 1. The highest BCUT2D eigenvalue weighted by Gasteiger charge is 2.56. The van der Waals surface area contributed by atoms with Crippen molar-refractivity contribution in [2.45, 2.75) is 45.6 Å². The first kappa shape index (κ1) is 24.9. The smallest absolute Gasteiger partial charge is 0.271 e. The minimum absolute atomic E-state index is 0.101. The van der Waals surface area contributed by atoms with Crippen LogP contribution in [0.4, 0.5) is 11.4 Å². The van der Waals surface area contributed by atoms with E-state index in [0.29, 0.717) is 13.0 Å². The average molecular weight is 503 g/mol. The van der Waals surface area contributed by atoms with E-state index >= 15 is 0 Å². The van der Waals surface area contributed by atoms with Gasteiger partial charge in [-0.1, -0.05) is 42.3 Å². The number of phenols is 1. The van der Waals surface area contributed by atoms with E-state index < -0.39 is 16.8 Å². The van der Waals surface area contributed by atoms with E-state index in [4.69, 9.17) is 4.74 Å². The van der Waals surface area contributed by atoms with E-state index in [1.165, 1.54) is 23.8 Å². The molecule has 0 unspecified atom stereocenters. The van der Waals surface area contributed by atoms with Gasteiger partial charge >= 0.3 is 0 Å². The van der Waals surface area contributed by atoms with Crippen LogP contribution in [0.3, 0.4) is 0 Å². The zero-order chi connectivity index (χ0) is 26.3. The number of nitro groups is 1. The van der Waals surface area contributed by atoms with E-state index in [1.54, 1.807) is 18.2 Å². The van der Waals surface area contributed by atoms with Crippen LogP contribution in [0.15, 0.2) is 65.3 Å². The molecule has 0 aromatic heterocycles. The standard InChI is InChI=1S/C29H30N2O6/c1-3-18(14-19-7-10-22(32)11-8-19)9-12-25-26-17(2)13-23-27(24(26)16-37-25)29(34)30(28(23)33)20-5-4-6-21(15-20)31(35)36/h4-8,10-11,14-15,23-25,27,32H,3,9,12-13,16H2,1-2H3/b18-14+/t23-,24+,25-,27-/m1/s1. The maximum Gasteiger partial charge on any atom is 0.271 e. The molecule has 37 heavy (non-hydrogen) atoms. The number of hydrogen-bond donors (Lipinski definition) is 1. The van der Waals surface area contributed by atoms with Crippen molar-refractivity contribution >= 4 is 29.3 Å². The number of carbonyl (C=O) groups is 2. The second-order valence-electron chi connectivity index (χ2n) is 10.1. The number of non-ortho nitro benzene ring substituents is 1. The van der Waals surface area contributed by atoms with Gasteiger partial charge in [0.2, 0.25) is 11.8 Å². The number of nitrogens with zero attached hydrogens (tertiary/aromatic N) is 2. The third kappa shape index (κ3) is 4.57. The molecule has 4 atom stereocenters. The van der Waals surface area contributed by atoms with Gasteiger partial charge in [-0.3, -0.25) is 19.7 Å². The van der Waals surface area contributed by atoms with Crippen molar-refractivity contribution in [1.29, 1.82) is 0 Å². The fraction of sp³-hybridized carbons (Fsp3) is 0.379. The molecule has 3 aliphatic rings. The molecule has 8 heteroatoms. The summed E-state index contributed by atoms with van der Waals surface area (Å²) < 4.78 is 6.23. The number of anilines is 1. The van der Waals surface area contributed by atoms with Gasteiger partial charge in [-0.2, -0.15) is 0 Å². The van der Waals surface area contributed by atoms with Gasteiger partial charge in [-0.15, -0.1) is 0 Å². The summed E-state index contributed by atoms with van der Waals surface area (Å²) in [6.45, 7) is 4.54. The van der Waals surface area contributed by atoms with Crippen molar-refractivity contribution in [2.75, 3.05) is 11.5 Å². The lowest BCUT2D eigenvalue weighted by atomic mass is 9.70. The molecule has 2 aliphatic heterocycles. The van der Waals surface area contributed by atoms with Crippen LogP contribution in [-0.2, 0) is 14.3 Å². The summed E-state index contributed by atoms with van der Waals surface area (Å²) in [5, 5.41) is 20.8. The van der Waals surface area contributed by atoms with Gasteiger partial charge < -0.3 is 9.84 Å². The second-order valence-corrected chi connectivity index (χ2v) is 10.1. The lowest BCUT2D eigenvalue weighted by Gasteiger charge is -2.30. The lowest BCUT2D eigenvalue weighted by Crippen LogP contribution is -2.34. The Morgan fingerprint density at radius 2 is 1.92 bits per heavy atom. The zero-order valence-electron chi connectivity index (χ0n) is 20.9. The van der Waals surface area contributed by atoms with Crippen LogP contribution in [0.25, 0.3) is 6.08 Å². The van der Waals surface area contributed by atoms with Crippen LogP contribution < -0.4 is 4.90 Å². The number of phenolic OH excluding ortho intramolecular Hbond substituents is 1. The van der Waals surface area contributed by atoms with Crippen LogP contribution in [0.2, 0.25) is 0 Å². The highest BCUT2D eigenvalue weighted by molar-refractivity contribution is 6.22. The molecule has 1 N–H and O–H groups in total. The molecule has 2 aromatic rings. The van der Waals surface area contributed by atoms with Crippen LogP contribution in [0.5, 0.6) is 5.75 Å². The van der Waals surface area contributed by atoms with E-state index in [9.17, 15) is 24.8 Å². The Hall–Kier alpha value is -3.78. The summed E-state index contributed by atoms with van der Waals surface area (Å²) in [5.74, 6) is -1.48. The number of amides is 2. The number of rotatable bonds is 7. The topological polar surface area (TPSA) is 110 Å². The maximum absolute atomic E-state index is 13.6. The molecule has 0 saturated carbocycles. The van der Waals surface area contributed by atoms with Gasteiger partial charge in [0, 0.05) is 18.1 Å². The largest absolute Gasteiger partial charge is 0.508 e. The Bertz CT molecular complexity index is 1310. The zero-order valence-corrected chi connectivity index (χ0v) is 20.9. The Morgan fingerprint density at radius 1 is 1.16 bits per heavy atom. The van der Waals surface area contributed by atoms with Gasteiger partial charge in [0.1, 0.15) is 5.75 Å². The molecule has 5 rings (SSSR count). The number of imide groups is 1. The Labute approximate surface area is 215 Å². The quantitative estimate of drug-likeness (QED) is 0.234. The van der Waals surface area contributed by atoms with Crippen LogP contribution >= 0.6 is 0 Å². The second kappa shape index (κ2) is 9.94. The van der Waals surface area contributed by atoms with Crippen LogP contribution in [0.1, 0.15) is 45.1 Å². The van der Waals surface area contributed by atoms with Gasteiger partial charge in [0.15, 0.2) is 0 Å². The number of aromatic hydroxyl groups is 1. The summed E-state index contributed by atoms with van der Waals surface area (Å²) in [6.07, 6.45) is 5.05. The van der Waals surface area contributed by atoms with Gasteiger partial charge in [-0.25, -0.2) is 4.90 Å². The average Bonchev–Trinajstić information content (AvgIpc) is 3.42. The maximum atomic E-state index is 13.6. The van der Waals surface area contributed by atoms with Crippen LogP contribution in [-0.4, -0.2) is 34.6 Å². The molecule has 0 radical (unpaired) electrons. The van der Waals surface area contributed by atoms with Gasteiger partial charge in [0.25, 0.3) is 5.69 Å². The SMILES string of the molecule is CC/C(=C\c1ccc(O)cc1)CC[C@H]1OC[C@H]2C1=C(C)C[C@H]1C(=O)N(c3cccc([N+](=O)[O-])c3)C(=O)[C@H]12. The molecule has 2 aromatic carbocycles. The number of fused-ring (bicyclic) bond motifs is 3. The number of nitro benzene ring substituents is 1. The van der Waals surface area contributed by atoms with E-state index in [-0.39, 0.29) is 41.0 Å². The lowest BCUT2D eigenvalue weighted by molar-refractivity contribution is -0.384. The van der Waals surface area contributed by atoms with Crippen LogP contribution in [0, 0.1) is 27.9 Å². The van der Waals surface area contributed by atoms with Crippen molar-refractivity contribution in [3.05, 3.63) is 80.9 Å². The summed E-state index contributed by atoms with van der Waals surface area (Å²) in [5.41, 5.74) is 4.65. The minimum Gasteiger partial charge on any atom is -0.508 e. The first-order valence-electron chi connectivity index (χ1n) is 12.7. The molecular weight excluding hydrogens is 472 g/mol. The van der Waals surface area contributed by atoms with E-state index in [2.05, 4.69) is 13.0 Å². The Kier molecular flexibility index (Phi) is 6.69. The first-order chi connectivity index (χ1) is 17.8. The molecule has 2 saturated heterocycles. The predicted molar refractivity (Wildman–Crippen MR) is 139 cm³/mol. The molecular formula is C29H30N2O6. The first-order valence-corrected chi connectivity index (χ1v) is 12.7. The highest BCUT2D eigenvalue weighted by atomic mass is 16.6. The van der Waals surface area contributed by atoms with Crippen molar-refractivity contribution in [3.63, 3.8) is 0 Å². The van der Waals surface area contributed by atoms with Crippen molar-refractivity contribution in [2.24, 2.45) is 17.8 Å². The van der Waals surface area contributed by atoms with Crippen molar-refractivity contribution < 1.29 is 24.4 Å². The number of hydrogen-bond acceptors (Lipinski definition) is 6. The van der Waals surface area contributed by atoms with Crippen molar-refractivity contribution in [3.8, 4) is 5.75 Å². The predicted octanol–water partition coefficient (Wildman–Crippen LogP) is 5.42. The van der Waals surface area contributed by atoms with Gasteiger partial charge in [0.05, 0.1) is 35.2 Å². The normalized spacial score (nSPS) is 25.5. The summed E-state index contributed by atoms with van der Waals surface area (Å²) in [6, 6.07) is 12.8. The van der Waals surface area contributed by atoms with E-state index in [0.717, 1.165) is 40.9 Å². The molecule has 2 amide bonds. The number of benzene rings is 2. The van der Waals surface area contributed by atoms with E-state index in [1.807, 2.05) is 19.1 Å². The number of allylic oxidation sites excluding steroid dienone is 2. The summed E-state index contributed by atoms with van der Waals surface area (Å²) in [7, 11) is 0. The highest BCUT2D eigenvalue weighted by Crippen LogP contribution is 2.50. The third-order valence-corrected chi connectivity index (χ3v) is 7.90. The minimum atomic E-state index is -0.526. The fourth-order valence-electron chi connectivity index (χ4n) is 6.10. The Morgan fingerprint density at radius 3 is 2.62 bits per heavy atom. The number of carbonyl (C=O) groups excluding carboxylic acids is 2. The summed E-state index contributed by atoms with van der Waals surface area (Å²) >= 11 is 0. The van der Waals surface area contributed by atoms with Crippen molar-refractivity contribution in [1.82, 2.24) is 0 Å². The summed E-state index contributed by atoms with van der Waals surface area (Å²) in [4.78, 5) is 38.8. The van der Waals surface area contributed by atoms with Gasteiger partial charge in [-0.05, 0) is 61.9 Å². The molecule has 0 spiro atoms. The molecule has 1 aliphatic carbocycles. The fourth-order valence-corrected chi connectivity index (χ4v) is 6.10. The third-order valence-electron chi connectivity index (χ3n) is 7.90. The Balaban J connectivity index is 1.34. The molecule has 0 bridgehead atoms.